The van der Waals surface area contributed by atoms with Gasteiger partial charge in [0.25, 0.3) is 0 Å². The predicted molar refractivity (Wildman–Crippen MR) is 52.6 cm³/mol. The molecule has 0 aliphatic heterocycles. The Morgan fingerprint density at radius 3 is 2.80 bits per heavy atom. The van der Waals surface area contributed by atoms with Crippen molar-refractivity contribution in [3.8, 4) is 11.3 Å². The van der Waals surface area contributed by atoms with E-state index in [4.69, 9.17) is 8.64 Å². The first-order valence-electron chi connectivity index (χ1n) is 5.79. The molecule has 1 N–H and O–H groups in total. The molecule has 0 radical (unpaired) electrons. The van der Waals surface area contributed by atoms with Gasteiger partial charge < -0.3 is 9.63 Å². The third-order valence-corrected chi connectivity index (χ3v) is 2.06. The van der Waals surface area contributed by atoms with Gasteiger partial charge in [-0.2, -0.15) is 0 Å². The lowest BCUT2D eigenvalue weighted by Gasteiger charge is -1.98. The van der Waals surface area contributed by atoms with Crippen LogP contribution < -0.4 is 0 Å². The molecule has 1 heterocycles. The number of hydrogen-bond acceptors (Lipinski definition) is 3. The summed E-state index contributed by atoms with van der Waals surface area (Å²) in [6.45, 7) is -2.99. The van der Waals surface area contributed by atoms with Gasteiger partial charge in [0.05, 0.1) is 6.61 Å². The van der Waals surface area contributed by atoms with Crippen molar-refractivity contribution >= 4 is 0 Å². The van der Waals surface area contributed by atoms with E-state index in [1.165, 1.54) is 24.3 Å². The Morgan fingerprint density at radius 1 is 1.47 bits per heavy atom. The minimum atomic E-state index is -2.48. The quantitative estimate of drug-likeness (QED) is 0.827. The first-order chi connectivity index (χ1) is 8.43. The maximum Gasteiger partial charge on any atom is 0.139 e. The molecule has 0 aliphatic rings. The number of aliphatic hydroxyl groups is 1. The van der Waals surface area contributed by atoms with E-state index >= 15 is 0 Å². The molecule has 1 aromatic carbocycles. The van der Waals surface area contributed by atoms with Crippen molar-refractivity contribution in [2.24, 2.45) is 0 Å². The molecule has 0 amide bonds. The van der Waals surface area contributed by atoms with Gasteiger partial charge in [-0.15, -0.1) is 0 Å². The molecular formula is C11H10FNO2. The van der Waals surface area contributed by atoms with Crippen molar-refractivity contribution in [1.82, 2.24) is 5.16 Å². The van der Waals surface area contributed by atoms with E-state index in [0.29, 0.717) is 5.56 Å². The van der Waals surface area contributed by atoms with Crippen LogP contribution in [-0.4, -0.2) is 10.3 Å². The fourth-order valence-electron chi connectivity index (χ4n) is 1.29. The fraction of sp³-hybridized carbons (Fsp3) is 0.182. The molecule has 2 aromatic rings. The van der Waals surface area contributed by atoms with Crippen LogP contribution in [0.15, 0.2) is 28.8 Å². The van der Waals surface area contributed by atoms with Crippen LogP contribution in [0.2, 0.25) is 0 Å². The molecule has 0 unspecified atom stereocenters. The van der Waals surface area contributed by atoms with E-state index in [1.54, 1.807) is 0 Å². The number of aryl methyl sites for hydroxylation is 1. The molecule has 2 rings (SSSR count). The fourth-order valence-corrected chi connectivity index (χ4v) is 1.29. The molecule has 3 nitrogen and oxygen atoms in total. The molecular weight excluding hydrogens is 197 g/mol. The molecule has 0 atom stereocenters. The van der Waals surface area contributed by atoms with Crippen LogP contribution in [0.3, 0.4) is 0 Å². The minimum Gasteiger partial charge on any atom is -0.391 e. The lowest BCUT2D eigenvalue weighted by Crippen LogP contribution is -1.88. The van der Waals surface area contributed by atoms with Gasteiger partial charge >= 0.3 is 0 Å². The SMILES string of the molecule is [2H]C([2H])([2H])c1onc(-c2ccc(F)cc2)c1CO. The van der Waals surface area contributed by atoms with Crippen molar-refractivity contribution in [2.45, 2.75) is 13.5 Å². The standard InChI is InChI=1S/C11H10FNO2/c1-7-10(6-14)11(13-15-7)8-2-4-9(12)5-3-8/h2-5,14H,6H2,1H3/i1D3. The van der Waals surface area contributed by atoms with Gasteiger partial charge in [0.15, 0.2) is 0 Å². The summed E-state index contributed by atoms with van der Waals surface area (Å²) in [5, 5.41) is 12.9. The largest absolute Gasteiger partial charge is 0.391 e. The zero-order valence-corrected chi connectivity index (χ0v) is 7.70. The second-order valence-electron chi connectivity index (χ2n) is 3.00. The van der Waals surface area contributed by atoms with E-state index in [1.807, 2.05) is 0 Å². The number of nitrogens with zero attached hydrogens (tertiary/aromatic N) is 1. The van der Waals surface area contributed by atoms with Gasteiger partial charge in [0.1, 0.15) is 17.3 Å². The van der Waals surface area contributed by atoms with Crippen LogP contribution in [-0.2, 0) is 6.61 Å². The van der Waals surface area contributed by atoms with Crippen LogP contribution in [0.5, 0.6) is 0 Å². The molecule has 0 aliphatic carbocycles. The van der Waals surface area contributed by atoms with Crippen molar-refractivity contribution in [1.29, 1.82) is 0 Å². The third-order valence-electron chi connectivity index (χ3n) is 2.06. The minimum absolute atomic E-state index is 0.0987. The molecule has 0 saturated heterocycles. The van der Waals surface area contributed by atoms with Gasteiger partial charge in [-0.05, 0) is 31.1 Å². The average molecular weight is 210 g/mol. The Hall–Kier alpha value is -1.68. The Labute approximate surface area is 90.4 Å². The maximum absolute atomic E-state index is 12.8. The summed E-state index contributed by atoms with van der Waals surface area (Å²) in [5.41, 5.74) is 0.796. The van der Waals surface area contributed by atoms with Gasteiger partial charge in [-0.1, -0.05) is 5.16 Å². The Morgan fingerprint density at radius 2 is 2.20 bits per heavy atom. The van der Waals surface area contributed by atoms with Crippen molar-refractivity contribution in [3.05, 3.63) is 41.4 Å². The van der Waals surface area contributed by atoms with Gasteiger partial charge in [-0.3, -0.25) is 0 Å². The highest BCUT2D eigenvalue weighted by atomic mass is 19.1. The maximum atomic E-state index is 12.8. The number of rotatable bonds is 2. The lowest BCUT2D eigenvalue weighted by molar-refractivity contribution is 0.278. The van der Waals surface area contributed by atoms with Crippen molar-refractivity contribution in [2.75, 3.05) is 0 Å². The topological polar surface area (TPSA) is 46.3 Å². The molecule has 1 aromatic heterocycles. The molecule has 0 saturated carbocycles. The Balaban J connectivity index is 2.52. The van der Waals surface area contributed by atoms with E-state index in [2.05, 4.69) is 5.16 Å². The predicted octanol–water partition coefficient (Wildman–Crippen LogP) is 2.28. The monoisotopic (exact) mass is 210 g/mol. The second-order valence-corrected chi connectivity index (χ2v) is 3.00. The van der Waals surface area contributed by atoms with Crippen LogP contribution >= 0.6 is 0 Å². The van der Waals surface area contributed by atoms with Crippen LogP contribution in [0.25, 0.3) is 11.3 Å². The van der Waals surface area contributed by atoms with Crippen LogP contribution in [0.1, 0.15) is 15.4 Å². The highest BCUT2D eigenvalue weighted by Crippen LogP contribution is 2.25. The Bertz CT molecular complexity index is 548. The first-order valence-corrected chi connectivity index (χ1v) is 4.29. The summed E-state index contributed by atoms with van der Waals surface area (Å²) in [5.74, 6) is -0.756. The first kappa shape index (κ1) is 6.74. The number of halogens is 1. The van der Waals surface area contributed by atoms with Crippen LogP contribution in [0.4, 0.5) is 4.39 Å². The third kappa shape index (κ3) is 1.76. The summed E-state index contributed by atoms with van der Waals surface area (Å²) in [6, 6.07) is 5.33. The molecule has 0 fully saturated rings. The molecule has 15 heavy (non-hydrogen) atoms. The number of benzene rings is 1. The summed E-state index contributed by atoms with van der Waals surface area (Å²) < 4.78 is 39.3. The summed E-state index contributed by atoms with van der Waals surface area (Å²) in [4.78, 5) is 0. The highest BCUT2D eigenvalue weighted by Gasteiger charge is 2.13. The zero-order chi connectivity index (χ0) is 13.3. The zero-order valence-electron chi connectivity index (χ0n) is 10.7. The van der Waals surface area contributed by atoms with E-state index in [-0.39, 0.29) is 17.0 Å². The number of aliphatic hydroxyl groups excluding tert-OH is 1. The number of hydrogen-bond donors (Lipinski definition) is 1. The van der Waals surface area contributed by atoms with Gasteiger partial charge in [0.2, 0.25) is 0 Å². The molecule has 78 valence electrons. The van der Waals surface area contributed by atoms with Crippen LogP contribution in [0, 0.1) is 12.7 Å². The molecule has 4 heteroatoms. The van der Waals surface area contributed by atoms with E-state index < -0.39 is 19.3 Å². The normalized spacial score (nSPS) is 14.4. The molecule has 0 spiro atoms. The van der Waals surface area contributed by atoms with E-state index in [0.717, 1.165) is 0 Å². The lowest BCUT2D eigenvalue weighted by atomic mass is 10.1. The Kier molecular flexibility index (Phi) is 1.72. The van der Waals surface area contributed by atoms with Crippen molar-refractivity contribution in [3.63, 3.8) is 0 Å². The summed E-state index contributed by atoms with van der Waals surface area (Å²) in [7, 11) is 0. The summed E-state index contributed by atoms with van der Waals surface area (Å²) >= 11 is 0. The van der Waals surface area contributed by atoms with Crippen molar-refractivity contribution < 1.29 is 18.1 Å². The number of aromatic nitrogens is 1. The second kappa shape index (κ2) is 3.82. The average Bonchev–Trinajstić information content (AvgIpc) is 2.73. The highest BCUT2D eigenvalue weighted by molar-refractivity contribution is 5.63. The van der Waals surface area contributed by atoms with Gasteiger partial charge in [-0.25, -0.2) is 4.39 Å². The van der Waals surface area contributed by atoms with E-state index in [9.17, 15) is 9.50 Å². The van der Waals surface area contributed by atoms with Gasteiger partial charge in [0, 0.05) is 15.2 Å². The summed E-state index contributed by atoms with van der Waals surface area (Å²) in [6.07, 6.45) is 0. The molecule has 0 bridgehead atoms. The smallest absolute Gasteiger partial charge is 0.139 e.